The zero-order chi connectivity index (χ0) is 6.43. The van der Waals surface area contributed by atoms with Gasteiger partial charge in [0.25, 0.3) is 0 Å². The molecule has 0 spiro atoms. The maximum absolute atomic E-state index is 10.3. The summed E-state index contributed by atoms with van der Waals surface area (Å²) in [5, 5.41) is 11.5. The van der Waals surface area contributed by atoms with Crippen LogP contribution in [0.1, 0.15) is 12.8 Å². The van der Waals surface area contributed by atoms with Crippen molar-refractivity contribution < 1.29 is 9.90 Å². The Kier molecular flexibility index (Phi) is 0.858. The Labute approximate surface area is 53.1 Å². The van der Waals surface area contributed by atoms with Crippen molar-refractivity contribution in [1.29, 1.82) is 0 Å². The molecule has 0 aromatic carbocycles. The van der Waals surface area contributed by atoms with Crippen LogP contribution in [-0.2, 0) is 4.79 Å². The summed E-state index contributed by atoms with van der Waals surface area (Å²) in [5.41, 5.74) is 0. The lowest BCUT2D eigenvalue weighted by atomic mass is 10.2. The molecule has 0 bridgehead atoms. The quantitative estimate of drug-likeness (QED) is 0.513. The maximum atomic E-state index is 10.3. The lowest BCUT2D eigenvalue weighted by molar-refractivity contribution is -0.139. The standard InChI is InChI=1S/C6H9NO2/c8-6(9)5-2-3-1-4(3)7-5/h3-5,7H,1-2H2,(H,8,9)/t3-,4-,5+/m0/s1. The summed E-state index contributed by atoms with van der Waals surface area (Å²) in [4.78, 5) is 10.3. The Morgan fingerprint density at radius 3 is 2.67 bits per heavy atom. The van der Waals surface area contributed by atoms with Crippen LogP contribution in [0.25, 0.3) is 0 Å². The molecule has 9 heavy (non-hydrogen) atoms. The van der Waals surface area contributed by atoms with Gasteiger partial charge < -0.3 is 10.4 Å². The molecule has 0 aromatic heterocycles. The zero-order valence-electron chi connectivity index (χ0n) is 5.00. The zero-order valence-corrected chi connectivity index (χ0v) is 5.00. The molecule has 1 saturated heterocycles. The van der Waals surface area contributed by atoms with Gasteiger partial charge in [-0.25, -0.2) is 0 Å². The third-order valence-corrected chi connectivity index (χ3v) is 2.17. The fourth-order valence-corrected chi connectivity index (χ4v) is 1.51. The molecule has 1 heterocycles. The Balaban J connectivity index is 1.97. The number of hydrogen-bond acceptors (Lipinski definition) is 2. The van der Waals surface area contributed by atoms with Gasteiger partial charge in [0, 0.05) is 6.04 Å². The second kappa shape index (κ2) is 1.48. The number of piperidine rings is 1. The first-order valence-corrected chi connectivity index (χ1v) is 3.26. The van der Waals surface area contributed by atoms with E-state index in [9.17, 15) is 4.79 Å². The van der Waals surface area contributed by atoms with Crippen LogP contribution in [0.2, 0.25) is 0 Å². The van der Waals surface area contributed by atoms with Crippen LogP contribution in [0.5, 0.6) is 0 Å². The Hall–Kier alpha value is -0.570. The van der Waals surface area contributed by atoms with Gasteiger partial charge in [0.1, 0.15) is 6.04 Å². The van der Waals surface area contributed by atoms with E-state index in [2.05, 4.69) is 5.32 Å². The summed E-state index contributed by atoms with van der Waals surface area (Å²) in [7, 11) is 0. The predicted octanol–water partition coefficient (Wildman–Crippen LogP) is -0.179. The van der Waals surface area contributed by atoms with E-state index < -0.39 is 5.97 Å². The first kappa shape index (κ1) is 5.23. The highest BCUT2D eigenvalue weighted by atomic mass is 16.4. The number of carbonyl (C=O) groups is 1. The lowest BCUT2D eigenvalue weighted by Crippen LogP contribution is -2.33. The molecule has 1 saturated carbocycles. The molecule has 0 unspecified atom stereocenters. The van der Waals surface area contributed by atoms with Crippen LogP contribution in [-0.4, -0.2) is 23.2 Å². The Morgan fingerprint density at radius 2 is 2.33 bits per heavy atom. The summed E-state index contributed by atoms with van der Waals surface area (Å²) >= 11 is 0. The molecular formula is C6H9NO2. The highest BCUT2D eigenvalue weighted by molar-refractivity contribution is 5.74. The van der Waals surface area contributed by atoms with Gasteiger partial charge in [-0.1, -0.05) is 0 Å². The van der Waals surface area contributed by atoms with Gasteiger partial charge in [-0.3, -0.25) is 4.79 Å². The third-order valence-electron chi connectivity index (χ3n) is 2.17. The lowest BCUT2D eigenvalue weighted by Gasteiger charge is -2.04. The molecule has 2 fully saturated rings. The first-order valence-electron chi connectivity index (χ1n) is 3.26. The average molecular weight is 127 g/mol. The monoisotopic (exact) mass is 127 g/mol. The molecule has 1 aliphatic carbocycles. The molecule has 2 N–H and O–H groups in total. The minimum Gasteiger partial charge on any atom is -0.480 e. The second-order valence-electron chi connectivity index (χ2n) is 2.90. The van der Waals surface area contributed by atoms with Gasteiger partial charge in [-0.05, 0) is 18.8 Å². The van der Waals surface area contributed by atoms with E-state index in [4.69, 9.17) is 5.11 Å². The molecule has 50 valence electrons. The number of rotatable bonds is 1. The number of carboxylic acid groups (broad SMARTS) is 1. The van der Waals surface area contributed by atoms with Gasteiger partial charge in [0.15, 0.2) is 0 Å². The highest BCUT2D eigenvalue weighted by Gasteiger charge is 2.47. The van der Waals surface area contributed by atoms with Crippen LogP contribution in [0, 0.1) is 5.92 Å². The van der Waals surface area contributed by atoms with Crippen LogP contribution >= 0.6 is 0 Å². The number of aliphatic carboxylic acids is 1. The van der Waals surface area contributed by atoms with Crippen LogP contribution in [0.3, 0.4) is 0 Å². The molecule has 3 heteroatoms. The summed E-state index contributed by atoms with van der Waals surface area (Å²) in [5.74, 6) is -0.00620. The SMILES string of the molecule is O=C(O)[C@H]1C[C@@H]2C[C@@H]2N1. The normalized spacial score (nSPS) is 46.4. The maximum Gasteiger partial charge on any atom is 0.320 e. The molecule has 2 rings (SSSR count). The van der Waals surface area contributed by atoms with Crippen molar-refractivity contribution in [2.45, 2.75) is 24.9 Å². The minimum atomic E-state index is -0.692. The number of hydrogen-bond donors (Lipinski definition) is 2. The average Bonchev–Trinajstić information content (AvgIpc) is 2.40. The van der Waals surface area contributed by atoms with Crippen molar-refractivity contribution in [3.63, 3.8) is 0 Å². The molecule has 3 nitrogen and oxygen atoms in total. The van der Waals surface area contributed by atoms with Crippen molar-refractivity contribution in [2.75, 3.05) is 0 Å². The molecule has 0 aromatic rings. The van der Waals surface area contributed by atoms with Gasteiger partial charge >= 0.3 is 5.97 Å². The van der Waals surface area contributed by atoms with Gasteiger partial charge in [0.2, 0.25) is 0 Å². The Bertz CT molecular complexity index is 147. The summed E-state index contributed by atoms with van der Waals surface area (Å²) in [6, 6.07) is 0.305. The first-order chi connectivity index (χ1) is 4.27. The predicted molar refractivity (Wildman–Crippen MR) is 31.1 cm³/mol. The fourth-order valence-electron chi connectivity index (χ4n) is 1.51. The van der Waals surface area contributed by atoms with Crippen LogP contribution in [0.15, 0.2) is 0 Å². The van der Waals surface area contributed by atoms with Crippen molar-refractivity contribution in [2.24, 2.45) is 5.92 Å². The van der Waals surface area contributed by atoms with E-state index in [1.54, 1.807) is 0 Å². The summed E-state index contributed by atoms with van der Waals surface area (Å²) in [6.07, 6.45) is 2.05. The van der Waals surface area contributed by atoms with Crippen molar-refractivity contribution in [1.82, 2.24) is 5.32 Å². The molecule has 1 aliphatic heterocycles. The largest absolute Gasteiger partial charge is 0.480 e. The van der Waals surface area contributed by atoms with Gasteiger partial charge in [0.05, 0.1) is 0 Å². The minimum absolute atomic E-state index is 0.242. The Morgan fingerprint density at radius 1 is 1.56 bits per heavy atom. The van der Waals surface area contributed by atoms with E-state index in [0.717, 1.165) is 6.42 Å². The third kappa shape index (κ3) is 0.721. The fraction of sp³-hybridized carbons (Fsp3) is 0.833. The number of nitrogens with one attached hydrogen (secondary N) is 1. The van der Waals surface area contributed by atoms with Gasteiger partial charge in [-0.15, -0.1) is 0 Å². The second-order valence-corrected chi connectivity index (χ2v) is 2.90. The van der Waals surface area contributed by atoms with E-state index in [1.807, 2.05) is 0 Å². The van der Waals surface area contributed by atoms with Crippen LogP contribution < -0.4 is 5.32 Å². The smallest absolute Gasteiger partial charge is 0.320 e. The molecule has 0 radical (unpaired) electrons. The van der Waals surface area contributed by atoms with Crippen molar-refractivity contribution >= 4 is 5.97 Å². The van der Waals surface area contributed by atoms with Crippen LogP contribution in [0.4, 0.5) is 0 Å². The van der Waals surface area contributed by atoms with Crippen molar-refractivity contribution in [3.05, 3.63) is 0 Å². The topological polar surface area (TPSA) is 49.3 Å². The highest BCUT2D eigenvalue weighted by Crippen LogP contribution is 2.40. The van der Waals surface area contributed by atoms with E-state index in [-0.39, 0.29) is 6.04 Å². The van der Waals surface area contributed by atoms with E-state index in [1.165, 1.54) is 6.42 Å². The molecule has 3 atom stereocenters. The summed E-state index contributed by atoms with van der Waals surface area (Å²) < 4.78 is 0. The van der Waals surface area contributed by atoms with E-state index >= 15 is 0 Å². The molecular weight excluding hydrogens is 118 g/mol. The molecule has 2 aliphatic rings. The number of fused-ring (bicyclic) bond motifs is 1. The van der Waals surface area contributed by atoms with E-state index in [0.29, 0.717) is 12.0 Å². The number of carboxylic acids is 1. The molecule has 0 amide bonds. The van der Waals surface area contributed by atoms with Crippen molar-refractivity contribution in [3.8, 4) is 0 Å². The van der Waals surface area contributed by atoms with Gasteiger partial charge in [-0.2, -0.15) is 0 Å². The summed E-state index contributed by atoms with van der Waals surface area (Å²) in [6.45, 7) is 0.